The van der Waals surface area contributed by atoms with E-state index < -0.39 is 0 Å². The van der Waals surface area contributed by atoms with Crippen molar-refractivity contribution in [3.8, 4) is 0 Å². The minimum atomic E-state index is -0.0612. The highest BCUT2D eigenvalue weighted by Gasteiger charge is 2.18. The summed E-state index contributed by atoms with van der Waals surface area (Å²) < 4.78 is 0. The molecule has 1 aromatic rings. The van der Waals surface area contributed by atoms with Gasteiger partial charge >= 0.3 is 0 Å². The number of nitrogens with zero attached hydrogens (tertiary/aromatic N) is 2. The maximum atomic E-state index is 6.00. The number of nitrogens with one attached hydrogen (secondary N) is 1. The molecule has 134 valence electrons. The standard InChI is InChI=1S/C20H34N4/c1-20(2,3)23-19(21)22-14-16-10-8-9-11-17(16)15-24(4)18-12-6-5-7-13-18/h8-11,18H,5-7,12-15H2,1-4H3,(H3,21,22,23). The molecule has 3 N–H and O–H groups in total. The zero-order chi connectivity index (χ0) is 17.6. The maximum Gasteiger partial charge on any atom is 0.189 e. The molecule has 0 amide bonds. The van der Waals surface area contributed by atoms with Crippen molar-refractivity contribution in [2.45, 2.75) is 77.5 Å². The molecule has 0 aromatic heterocycles. The number of aliphatic imine (C=N–C) groups is 1. The number of benzene rings is 1. The van der Waals surface area contributed by atoms with Crippen molar-refractivity contribution in [1.29, 1.82) is 0 Å². The first-order valence-corrected chi connectivity index (χ1v) is 9.20. The number of hydrogen-bond donors (Lipinski definition) is 2. The van der Waals surface area contributed by atoms with E-state index in [1.54, 1.807) is 0 Å². The van der Waals surface area contributed by atoms with Crippen LogP contribution in [0, 0.1) is 0 Å². The van der Waals surface area contributed by atoms with E-state index in [2.05, 4.69) is 67.3 Å². The summed E-state index contributed by atoms with van der Waals surface area (Å²) in [5, 5.41) is 3.22. The van der Waals surface area contributed by atoms with Gasteiger partial charge in [-0.2, -0.15) is 0 Å². The zero-order valence-electron chi connectivity index (χ0n) is 15.8. The molecule has 2 rings (SSSR count). The van der Waals surface area contributed by atoms with Gasteiger partial charge in [-0.05, 0) is 51.8 Å². The minimum absolute atomic E-state index is 0.0612. The van der Waals surface area contributed by atoms with Gasteiger partial charge in [0.1, 0.15) is 0 Å². The van der Waals surface area contributed by atoms with Gasteiger partial charge in [0.05, 0.1) is 6.54 Å². The Labute approximate surface area is 147 Å². The quantitative estimate of drug-likeness (QED) is 0.640. The third-order valence-corrected chi connectivity index (χ3v) is 4.66. The molecule has 4 heteroatoms. The molecule has 1 saturated carbocycles. The molecule has 24 heavy (non-hydrogen) atoms. The summed E-state index contributed by atoms with van der Waals surface area (Å²) in [5.74, 6) is 0.512. The fourth-order valence-electron chi connectivity index (χ4n) is 3.38. The average Bonchev–Trinajstić information content (AvgIpc) is 2.53. The highest BCUT2D eigenvalue weighted by Crippen LogP contribution is 2.23. The van der Waals surface area contributed by atoms with E-state index in [4.69, 9.17) is 5.73 Å². The Morgan fingerprint density at radius 2 is 1.79 bits per heavy atom. The van der Waals surface area contributed by atoms with Crippen molar-refractivity contribution < 1.29 is 0 Å². The Morgan fingerprint density at radius 1 is 1.17 bits per heavy atom. The van der Waals surface area contributed by atoms with Gasteiger partial charge in [0, 0.05) is 18.1 Å². The number of guanidine groups is 1. The van der Waals surface area contributed by atoms with Crippen molar-refractivity contribution >= 4 is 5.96 Å². The van der Waals surface area contributed by atoms with Gasteiger partial charge in [-0.3, -0.25) is 4.90 Å². The van der Waals surface area contributed by atoms with Gasteiger partial charge in [-0.1, -0.05) is 43.5 Å². The third kappa shape index (κ3) is 6.16. The smallest absolute Gasteiger partial charge is 0.189 e. The van der Waals surface area contributed by atoms with E-state index in [-0.39, 0.29) is 5.54 Å². The molecule has 1 fully saturated rings. The van der Waals surface area contributed by atoms with Gasteiger partial charge in [-0.15, -0.1) is 0 Å². The van der Waals surface area contributed by atoms with Crippen LogP contribution in [0.5, 0.6) is 0 Å². The van der Waals surface area contributed by atoms with Crippen LogP contribution in [-0.2, 0) is 13.1 Å². The number of hydrogen-bond acceptors (Lipinski definition) is 2. The second-order valence-corrected chi connectivity index (χ2v) is 8.05. The Hall–Kier alpha value is -1.55. The van der Waals surface area contributed by atoms with Crippen LogP contribution in [0.2, 0.25) is 0 Å². The lowest BCUT2D eigenvalue weighted by Crippen LogP contribution is -2.45. The van der Waals surface area contributed by atoms with Gasteiger partial charge in [0.25, 0.3) is 0 Å². The molecule has 0 spiro atoms. The molecule has 4 nitrogen and oxygen atoms in total. The third-order valence-electron chi connectivity index (χ3n) is 4.66. The summed E-state index contributed by atoms with van der Waals surface area (Å²) in [6.07, 6.45) is 6.81. The molecule has 1 aromatic carbocycles. The molecule has 1 aliphatic carbocycles. The van der Waals surface area contributed by atoms with Gasteiger partial charge in [-0.25, -0.2) is 4.99 Å². The normalized spacial score (nSPS) is 17.3. The Balaban J connectivity index is 2.00. The monoisotopic (exact) mass is 330 g/mol. The first-order valence-electron chi connectivity index (χ1n) is 9.20. The van der Waals surface area contributed by atoms with Crippen LogP contribution in [0.1, 0.15) is 64.0 Å². The highest BCUT2D eigenvalue weighted by atomic mass is 15.1. The van der Waals surface area contributed by atoms with Crippen molar-refractivity contribution in [2.24, 2.45) is 10.7 Å². The second-order valence-electron chi connectivity index (χ2n) is 8.05. The number of nitrogens with two attached hydrogens (primary N) is 1. The Bertz CT molecular complexity index is 539. The molecule has 0 atom stereocenters. The first-order chi connectivity index (χ1) is 11.3. The number of rotatable bonds is 5. The van der Waals surface area contributed by atoms with Crippen LogP contribution < -0.4 is 11.1 Å². The molecule has 0 saturated heterocycles. The van der Waals surface area contributed by atoms with E-state index in [0.717, 1.165) is 12.6 Å². The molecule has 0 radical (unpaired) electrons. The molecule has 1 aliphatic rings. The van der Waals surface area contributed by atoms with E-state index >= 15 is 0 Å². The fourth-order valence-corrected chi connectivity index (χ4v) is 3.38. The van der Waals surface area contributed by atoms with Crippen LogP contribution in [0.4, 0.5) is 0 Å². The van der Waals surface area contributed by atoms with Crippen LogP contribution in [0.15, 0.2) is 29.3 Å². The summed E-state index contributed by atoms with van der Waals surface area (Å²) in [4.78, 5) is 7.04. The van der Waals surface area contributed by atoms with Crippen LogP contribution in [-0.4, -0.2) is 29.5 Å². The Kier molecular flexibility index (Phi) is 6.67. The van der Waals surface area contributed by atoms with E-state index in [1.165, 1.54) is 43.2 Å². The lowest BCUT2D eigenvalue weighted by atomic mass is 9.94. The largest absolute Gasteiger partial charge is 0.370 e. The summed E-state index contributed by atoms with van der Waals surface area (Å²) in [6.45, 7) is 7.87. The lowest BCUT2D eigenvalue weighted by Gasteiger charge is -2.31. The first kappa shape index (κ1) is 18.8. The second kappa shape index (κ2) is 8.52. The summed E-state index contributed by atoms with van der Waals surface area (Å²) >= 11 is 0. The molecule has 0 aliphatic heterocycles. The van der Waals surface area contributed by atoms with Crippen molar-refractivity contribution in [2.75, 3.05) is 7.05 Å². The van der Waals surface area contributed by atoms with E-state index in [1.807, 2.05) is 0 Å². The summed E-state index contributed by atoms with van der Waals surface area (Å²) in [5.41, 5.74) is 8.57. The van der Waals surface area contributed by atoms with Gasteiger partial charge in [0.15, 0.2) is 5.96 Å². The van der Waals surface area contributed by atoms with Crippen LogP contribution in [0.3, 0.4) is 0 Å². The summed E-state index contributed by atoms with van der Waals surface area (Å²) in [6, 6.07) is 9.31. The SMILES string of the molecule is CN(Cc1ccccc1CN=C(N)NC(C)(C)C)C1CCCCC1. The highest BCUT2D eigenvalue weighted by molar-refractivity contribution is 5.78. The Morgan fingerprint density at radius 3 is 2.42 bits per heavy atom. The van der Waals surface area contributed by atoms with Crippen molar-refractivity contribution in [3.63, 3.8) is 0 Å². The average molecular weight is 331 g/mol. The van der Waals surface area contributed by atoms with Crippen LogP contribution in [0.25, 0.3) is 0 Å². The summed E-state index contributed by atoms with van der Waals surface area (Å²) in [7, 11) is 2.26. The molecule has 0 heterocycles. The maximum absolute atomic E-state index is 6.00. The van der Waals surface area contributed by atoms with Crippen molar-refractivity contribution in [3.05, 3.63) is 35.4 Å². The van der Waals surface area contributed by atoms with Crippen LogP contribution >= 0.6 is 0 Å². The zero-order valence-corrected chi connectivity index (χ0v) is 15.8. The predicted octanol–water partition coefficient (Wildman–Crippen LogP) is 3.65. The van der Waals surface area contributed by atoms with Crippen molar-refractivity contribution in [1.82, 2.24) is 10.2 Å². The van der Waals surface area contributed by atoms with E-state index in [0.29, 0.717) is 12.5 Å². The molecular formula is C20H34N4. The topological polar surface area (TPSA) is 53.6 Å². The molecule has 0 bridgehead atoms. The minimum Gasteiger partial charge on any atom is -0.370 e. The molecular weight excluding hydrogens is 296 g/mol. The van der Waals surface area contributed by atoms with Gasteiger partial charge in [0.2, 0.25) is 0 Å². The lowest BCUT2D eigenvalue weighted by molar-refractivity contribution is 0.184. The van der Waals surface area contributed by atoms with Gasteiger partial charge < -0.3 is 11.1 Å². The predicted molar refractivity (Wildman–Crippen MR) is 103 cm³/mol. The fraction of sp³-hybridized carbons (Fsp3) is 0.650. The molecule has 0 unspecified atom stereocenters. The van der Waals surface area contributed by atoms with E-state index in [9.17, 15) is 0 Å².